The summed E-state index contributed by atoms with van der Waals surface area (Å²) in [5.74, 6) is 1.20. The molecule has 6 heteroatoms. The Kier molecular flexibility index (Phi) is 4.90. The molecule has 3 aromatic rings. The van der Waals surface area contributed by atoms with E-state index < -0.39 is 0 Å². The van der Waals surface area contributed by atoms with E-state index in [2.05, 4.69) is 24.4 Å². The first-order chi connectivity index (χ1) is 15.1. The van der Waals surface area contributed by atoms with Crippen LogP contribution in [0.25, 0.3) is 11.3 Å². The van der Waals surface area contributed by atoms with Gasteiger partial charge in [0.15, 0.2) is 6.04 Å². The van der Waals surface area contributed by atoms with E-state index in [-0.39, 0.29) is 29.7 Å². The second-order valence-corrected chi connectivity index (χ2v) is 8.13. The van der Waals surface area contributed by atoms with Crippen molar-refractivity contribution >= 4 is 11.7 Å². The molecular weight excluding hydrogens is 390 g/mol. The minimum absolute atomic E-state index is 0.00515. The molecule has 3 atom stereocenters. The molecule has 3 heterocycles. The zero-order valence-electron chi connectivity index (χ0n) is 17.2. The number of aromatic hydroxyl groups is 1. The van der Waals surface area contributed by atoms with Crippen LogP contribution in [0.4, 0.5) is 5.82 Å². The molecule has 2 N–H and O–H groups in total. The van der Waals surface area contributed by atoms with Gasteiger partial charge in [-0.25, -0.2) is 9.78 Å². The molecule has 2 aliphatic heterocycles. The van der Waals surface area contributed by atoms with E-state index in [4.69, 9.17) is 9.72 Å². The second kappa shape index (κ2) is 7.87. The highest BCUT2D eigenvalue weighted by atomic mass is 16.5. The van der Waals surface area contributed by atoms with Crippen molar-refractivity contribution in [2.24, 2.45) is 5.92 Å². The molecule has 3 unspecified atom stereocenters. The Morgan fingerprint density at radius 3 is 2.61 bits per heavy atom. The number of phenols is 1. The van der Waals surface area contributed by atoms with Gasteiger partial charge in [-0.05, 0) is 35.9 Å². The summed E-state index contributed by atoms with van der Waals surface area (Å²) in [5, 5.41) is 13.0. The van der Waals surface area contributed by atoms with Crippen LogP contribution in [-0.4, -0.2) is 28.1 Å². The van der Waals surface area contributed by atoms with Crippen LogP contribution in [0.3, 0.4) is 0 Å². The van der Waals surface area contributed by atoms with Crippen LogP contribution < -0.4 is 9.88 Å². The maximum atomic E-state index is 13.3. The Bertz CT molecular complexity index is 1140. The first kappa shape index (κ1) is 19.3. The Balaban J connectivity index is 1.52. The highest BCUT2D eigenvalue weighted by molar-refractivity contribution is 5.82. The number of nitrogens with one attached hydrogen (secondary N) is 1. The predicted octanol–water partition coefficient (Wildman–Crippen LogP) is 3.71. The first-order valence-electron chi connectivity index (χ1n) is 10.5. The van der Waals surface area contributed by atoms with Crippen LogP contribution in [0.5, 0.6) is 5.75 Å². The summed E-state index contributed by atoms with van der Waals surface area (Å²) < 4.78 is 7.37. The van der Waals surface area contributed by atoms with E-state index in [0.717, 1.165) is 22.6 Å². The van der Waals surface area contributed by atoms with Crippen LogP contribution >= 0.6 is 0 Å². The molecule has 0 saturated heterocycles. The smallest absolute Gasteiger partial charge is 0.359 e. The summed E-state index contributed by atoms with van der Waals surface area (Å²) in [6, 6.07) is 16.6. The number of benzene rings is 2. The standard InChI is InChI=1S/C25H23N3O3/c1-16-11-12-31-23(16)14-21-25(30)28-15-22(18-7-9-19(29)10-8-18)26-20(24(28)27-21)13-17-5-3-2-4-6-17/h2-12,15-16,21,23,29H,13-14H2,1H3/p+1. The van der Waals surface area contributed by atoms with Crippen molar-refractivity contribution in [3.8, 4) is 17.0 Å². The summed E-state index contributed by atoms with van der Waals surface area (Å²) in [7, 11) is 0. The molecule has 0 spiro atoms. The SMILES string of the molecule is CC1C=COC1CC1Nc2c(Cc3ccccc3)nc(-c3ccc(O)cc3)c[n+]2C1=O. The molecule has 5 rings (SSSR count). The molecule has 0 fully saturated rings. The third-order valence-electron chi connectivity index (χ3n) is 5.93. The predicted molar refractivity (Wildman–Crippen MR) is 117 cm³/mol. The lowest BCUT2D eigenvalue weighted by atomic mass is 9.99. The average Bonchev–Trinajstić information content (AvgIpc) is 3.33. The molecule has 2 aromatic carbocycles. The summed E-state index contributed by atoms with van der Waals surface area (Å²) in [4.78, 5) is 18.2. The third kappa shape index (κ3) is 3.77. The van der Waals surface area contributed by atoms with Gasteiger partial charge in [-0.2, -0.15) is 4.57 Å². The topological polar surface area (TPSA) is 75.3 Å². The van der Waals surface area contributed by atoms with Crippen molar-refractivity contribution in [1.82, 2.24) is 4.98 Å². The number of aromatic nitrogens is 2. The maximum absolute atomic E-state index is 13.3. The molecule has 6 nitrogen and oxygen atoms in total. The Morgan fingerprint density at radius 2 is 1.90 bits per heavy atom. The van der Waals surface area contributed by atoms with Gasteiger partial charge in [-0.15, -0.1) is 0 Å². The quantitative estimate of drug-likeness (QED) is 0.623. The second-order valence-electron chi connectivity index (χ2n) is 8.13. The lowest BCUT2D eigenvalue weighted by Crippen LogP contribution is -2.44. The van der Waals surface area contributed by atoms with Gasteiger partial charge in [-0.3, -0.25) is 5.32 Å². The Labute approximate surface area is 180 Å². The van der Waals surface area contributed by atoms with Crippen molar-refractivity contribution < 1.29 is 19.2 Å². The molecule has 0 amide bonds. The van der Waals surface area contributed by atoms with E-state index >= 15 is 0 Å². The van der Waals surface area contributed by atoms with Gasteiger partial charge in [-0.1, -0.05) is 37.3 Å². The minimum Gasteiger partial charge on any atom is -0.508 e. The van der Waals surface area contributed by atoms with Crippen LogP contribution in [0.2, 0.25) is 0 Å². The van der Waals surface area contributed by atoms with Gasteiger partial charge in [0.1, 0.15) is 29.4 Å². The van der Waals surface area contributed by atoms with Crippen molar-refractivity contribution in [3.63, 3.8) is 0 Å². The van der Waals surface area contributed by atoms with Crippen molar-refractivity contribution in [2.75, 3.05) is 5.32 Å². The highest BCUT2D eigenvalue weighted by Crippen LogP contribution is 2.28. The number of carbonyl (C=O) groups excluding carboxylic acids is 1. The largest absolute Gasteiger partial charge is 0.508 e. The molecule has 0 saturated carbocycles. The summed E-state index contributed by atoms with van der Waals surface area (Å²) in [6.07, 6.45) is 6.71. The number of anilines is 1. The van der Waals surface area contributed by atoms with Gasteiger partial charge >= 0.3 is 11.7 Å². The van der Waals surface area contributed by atoms with Crippen molar-refractivity contribution in [2.45, 2.75) is 31.9 Å². The normalized spacial score (nSPS) is 21.6. The number of ether oxygens (including phenoxy) is 1. The van der Waals surface area contributed by atoms with Gasteiger partial charge < -0.3 is 9.84 Å². The van der Waals surface area contributed by atoms with Crippen molar-refractivity contribution in [3.05, 3.63) is 84.4 Å². The van der Waals surface area contributed by atoms with E-state index in [1.165, 1.54) is 0 Å². The summed E-state index contributed by atoms with van der Waals surface area (Å²) in [6.45, 7) is 2.10. The van der Waals surface area contributed by atoms with Crippen LogP contribution in [0.15, 0.2) is 73.1 Å². The third-order valence-corrected chi connectivity index (χ3v) is 5.93. The van der Waals surface area contributed by atoms with Crippen molar-refractivity contribution in [1.29, 1.82) is 0 Å². The van der Waals surface area contributed by atoms with Gasteiger partial charge in [0.2, 0.25) is 0 Å². The highest BCUT2D eigenvalue weighted by Gasteiger charge is 2.43. The maximum Gasteiger partial charge on any atom is 0.359 e. The zero-order chi connectivity index (χ0) is 21.4. The number of hydrogen-bond acceptors (Lipinski definition) is 5. The van der Waals surface area contributed by atoms with Crippen LogP contribution in [0.1, 0.15) is 29.4 Å². The number of carbonyl (C=O) groups is 1. The molecule has 2 aliphatic rings. The van der Waals surface area contributed by atoms with Crippen LogP contribution in [-0.2, 0) is 11.2 Å². The monoisotopic (exact) mass is 414 g/mol. The number of phenolic OH excluding ortho intramolecular Hbond substituents is 1. The van der Waals surface area contributed by atoms with E-state index in [9.17, 15) is 9.90 Å². The Morgan fingerprint density at radius 1 is 1.13 bits per heavy atom. The molecule has 156 valence electrons. The lowest BCUT2D eigenvalue weighted by molar-refractivity contribution is -0.552. The number of hydrogen-bond donors (Lipinski definition) is 2. The minimum atomic E-state index is -0.362. The lowest BCUT2D eigenvalue weighted by Gasteiger charge is -2.15. The molecule has 0 radical (unpaired) electrons. The van der Waals surface area contributed by atoms with Crippen LogP contribution in [0, 0.1) is 5.92 Å². The number of fused-ring (bicyclic) bond motifs is 1. The fourth-order valence-corrected chi connectivity index (χ4v) is 4.14. The molecule has 0 aliphatic carbocycles. The molecule has 0 bridgehead atoms. The average molecular weight is 414 g/mol. The van der Waals surface area contributed by atoms with Gasteiger partial charge in [0.25, 0.3) is 0 Å². The van der Waals surface area contributed by atoms with Gasteiger partial charge in [0, 0.05) is 24.3 Å². The molecular formula is C25H24N3O3+. The molecule has 31 heavy (non-hydrogen) atoms. The number of nitrogens with zero attached hydrogens (tertiary/aromatic N) is 2. The fraction of sp³-hybridized carbons (Fsp3) is 0.240. The Hall–Kier alpha value is -3.67. The summed E-state index contributed by atoms with van der Waals surface area (Å²) in [5.41, 5.74) is 3.47. The van der Waals surface area contributed by atoms with Gasteiger partial charge in [0.05, 0.1) is 6.26 Å². The van der Waals surface area contributed by atoms with E-state index in [0.29, 0.717) is 18.5 Å². The van der Waals surface area contributed by atoms with E-state index in [1.54, 1.807) is 41.3 Å². The number of rotatable bonds is 5. The molecule has 1 aromatic heterocycles. The summed E-state index contributed by atoms with van der Waals surface area (Å²) >= 11 is 0. The first-order valence-corrected chi connectivity index (χ1v) is 10.5. The zero-order valence-corrected chi connectivity index (χ0v) is 17.2. The van der Waals surface area contributed by atoms with E-state index in [1.807, 2.05) is 24.3 Å². The fourth-order valence-electron chi connectivity index (χ4n) is 4.14.